The predicted molar refractivity (Wildman–Crippen MR) is 64.6 cm³/mol. The lowest BCUT2D eigenvalue weighted by Crippen LogP contribution is -2.07. The molecule has 0 aliphatic heterocycles. The molecule has 1 atom stereocenters. The van der Waals surface area contributed by atoms with Gasteiger partial charge in [0.2, 0.25) is 0 Å². The summed E-state index contributed by atoms with van der Waals surface area (Å²) in [6.07, 6.45) is 2.37. The van der Waals surface area contributed by atoms with Gasteiger partial charge in [-0.2, -0.15) is 0 Å². The fourth-order valence-corrected chi connectivity index (χ4v) is 1.90. The van der Waals surface area contributed by atoms with Crippen LogP contribution in [0.3, 0.4) is 0 Å². The van der Waals surface area contributed by atoms with Gasteiger partial charge in [0.25, 0.3) is 0 Å². The number of benzene rings is 1. The average Bonchev–Trinajstić information content (AvgIpc) is 2.36. The molecule has 0 saturated heterocycles. The Morgan fingerprint density at radius 2 is 1.94 bits per heavy atom. The second-order valence-corrected chi connectivity index (χ2v) is 4.08. The van der Waals surface area contributed by atoms with Gasteiger partial charge in [-0.3, -0.25) is 4.98 Å². The molecule has 2 rings (SSSR count). The van der Waals surface area contributed by atoms with Crippen LogP contribution in [0.15, 0.2) is 36.7 Å². The van der Waals surface area contributed by atoms with Gasteiger partial charge in [0.05, 0.1) is 11.2 Å². The van der Waals surface area contributed by atoms with Gasteiger partial charge >= 0.3 is 0 Å². The molecule has 1 heterocycles. The summed E-state index contributed by atoms with van der Waals surface area (Å²) in [4.78, 5) is 3.87. The average molecular weight is 270 g/mol. The van der Waals surface area contributed by atoms with Crippen molar-refractivity contribution in [3.05, 3.63) is 58.9 Å². The maximum Gasteiger partial charge on any atom is 0.142 e. The molecule has 0 aliphatic rings. The van der Waals surface area contributed by atoms with Crippen molar-refractivity contribution in [2.45, 2.75) is 13.0 Å². The highest BCUT2D eigenvalue weighted by molar-refractivity contribution is 6.31. The van der Waals surface area contributed by atoms with Crippen LogP contribution in [0.2, 0.25) is 5.02 Å². The fraction of sp³-hybridized carbons (Fsp3) is 0.154. The normalized spacial score (nSPS) is 12.2. The maximum atomic E-state index is 13.6. The first-order valence-electron chi connectivity index (χ1n) is 5.29. The molecular formula is C13H10ClF2NO. The number of pyridine rings is 1. The van der Waals surface area contributed by atoms with Crippen LogP contribution in [0, 0.1) is 11.6 Å². The van der Waals surface area contributed by atoms with Crippen LogP contribution in [0.25, 0.3) is 0 Å². The first-order valence-corrected chi connectivity index (χ1v) is 5.67. The van der Waals surface area contributed by atoms with Gasteiger partial charge in [0.15, 0.2) is 0 Å². The van der Waals surface area contributed by atoms with Crippen molar-refractivity contribution < 1.29 is 13.5 Å². The molecule has 0 unspecified atom stereocenters. The smallest absolute Gasteiger partial charge is 0.142 e. The zero-order valence-electron chi connectivity index (χ0n) is 9.53. The van der Waals surface area contributed by atoms with Gasteiger partial charge in [-0.05, 0) is 31.2 Å². The van der Waals surface area contributed by atoms with Gasteiger partial charge in [0, 0.05) is 11.8 Å². The number of ether oxygens (including phenoxy) is 1. The van der Waals surface area contributed by atoms with Crippen LogP contribution in [0.1, 0.15) is 18.6 Å². The molecule has 2 aromatic rings. The molecule has 0 amide bonds. The number of rotatable bonds is 3. The molecule has 0 bridgehead atoms. The third-order valence-electron chi connectivity index (χ3n) is 2.43. The van der Waals surface area contributed by atoms with E-state index in [2.05, 4.69) is 4.98 Å². The summed E-state index contributed by atoms with van der Waals surface area (Å²) in [6, 6.07) is 5.37. The third kappa shape index (κ3) is 2.59. The Balaban J connectivity index is 2.29. The topological polar surface area (TPSA) is 22.1 Å². The Morgan fingerprint density at radius 1 is 1.22 bits per heavy atom. The molecule has 5 heteroatoms. The van der Waals surface area contributed by atoms with E-state index in [1.54, 1.807) is 25.3 Å². The first kappa shape index (κ1) is 12.8. The molecule has 0 aliphatic carbocycles. The van der Waals surface area contributed by atoms with Gasteiger partial charge in [0.1, 0.15) is 23.5 Å². The zero-order valence-corrected chi connectivity index (χ0v) is 10.3. The lowest BCUT2D eigenvalue weighted by molar-refractivity contribution is 0.220. The molecule has 0 spiro atoms. The quantitative estimate of drug-likeness (QED) is 0.781. The Kier molecular flexibility index (Phi) is 3.77. The Morgan fingerprint density at radius 3 is 2.61 bits per heavy atom. The second-order valence-electron chi connectivity index (χ2n) is 3.71. The number of aromatic nitrogens is 1. The fourth-order valence-electron chi connectivity index (χ4n) is 1.60. The Bertz CT molecular complexity index is 548. The highest BCUT2D eigenvalue weighted by Crippen LogP contribution is 2.31. The highest BCUT2D eigenvalue weighted by Gasteiger charge is 2.19. The van der Waals surface area contributed by atoms with Crippen molar-refractivity contribution in [3.8, 4) is 5.75 Å². The number of hydrogen-bond acceptors (Lipinski definition) is 2. The first-order chi connectivity index (χ1) is 8.59. The number of hydrogen-bond donors (Lipinski definition) is 0. The lowest BCUT2D eigenvalue weighted by Gasteiger charge is -2.17. The molecule has 0 saturated carbocycles. The molecular weight excluding hydrogens is 260 g/mol. The molecule has 1 aromatic heterocycles. The summed E-state index contributed by atoms with van der Waals surface area (Å²) in [5.41, 5.74) is 0.000481. The summed E-state index contributed by atoms with van der Waals surface area (Å²) in [5.74, 6) is -0.808. The van der Waals surface area contributed by atoms with E-state index in [-0.39, 0.29) is 10.6 Å². The molecule has 0 radical (unpaired) electrons. The SMILES string of the molecule is C[C@H](Oc1cccnc1)c1c(F)ccc(F)c1Cl. The molecule has 2 nitrogen and oxygen atoms in total. The van der Waals surface area contributed by atoms with E-state index >= 15 is 0 Å². The van der Waals surface area contributed by atoms with Crippen molar-refractivity contribution in [2.75, 3.05) is 0 Å². The van der Waals surface area contributed by atoms with E-state index in [0.29, 0.717) is 5.75 Å². The van der Waals surface area contributed by atoms with Crippen LogP contribution in [-0.4, -0.2) is 4.98 Å². The molecule has 18 heavy (non-hydrogen) atoms. The van der Waals surface area contributed by atoms with Crippen LogP contribution >= 0.6 is 11.6 Å². The maximum absolute atomic E-state index is 13.6. The predicted octanol–water partition coefficient (Wildman–Crippen LogP) is 4.15. The zero-order chi connectivity index (χ0) is 13.1. The largest absolute Gasteiger partial charge is 0.484 e. The minimum atomic E-state index is -0.711. The van der Waals surface area contributed by atoms with E-state index in [4.69, 9.17) is 16.3 Å². The van der Waals surface area contributed by atoms with E-state index in [9.17, 15) is 8.78 Å². The van der Waals surface area contributed by atoms with Crippen molar-refractivity contribution >= 4 is 11.6 Å². The summed E-state index contributed by atoms with van der Waals surface area (Å²) >= 11 is 5.75. The molecule has 94 valence electrons. The van der Waals surface area contributed by atoms with Crippen LogP contribution in [-0.2, 0) is 0 Å². The van der Waals surface area contributed by atoms with Crippen molar-refractivity contribution in [1.29, 1.82) is 0 Å². The van der Waals surface area contributed by atoms with Gasteiger partial charge < -0.3 is 4.74 Å². The van der Waals surface area contributed by atoms with Crippen molar-refractivity contribution in [1.82, 2.24) is 4.98 Å². The summed E-state index contributed by atoms with van der Waals surface area (Å²) < 4.78 is 32.4. The Labute approximate surface area is 108 Å². The summed E-state index contributed by atoms with van der Waals surface area (Å²) in [5, 5.41) is -0.258. The standard InChI is InChI=1S/C13H10ClF2NO/c1-8(18-9-3-2-6-17-7-9)12-10(15)4-5-11(16)13(12)14/h2-8H,1H3/t8-/m0/s1. The minimum absolute atomic E-state index is 0.000481. The summed E-state index contributed by atoms with van der Waals surface area (Å²) in [6.45, 7) is 1.59. The second kappa shape index (κ2) is 5.31. The van der Waals surface area contributed by atoms with E-state index < -0.39 is 17.7 Å². The van der Waals surface area contributed by atoms with E-state index in [1.807, 2.05) is 0 Å². The molecule has 1 aromatic carbocycles. The van der Waals surface area contributed by atoms with Crippen LogP contribution in [0.4, 0.5) is 8.78 Å². The van der Waals surface area contributed by atoms with Gasteiger partial charge in [-0.15, -0.1) is 0 Å². The monoisotopic (exact) mass is 269 g/mol. The molecule has 0 fully saturated rings. The number of nitrogens with zero attached hydrogens (tertiary/aromatic N) is 1. The van der Waals surface area contributed by atoms with Gasteiger partial charge in [-0.1, -0.05) is 11.6 Å². The highest BCUT2D eigenvalue weighted by atomic mass is 35.5. The minimum Gasteiger partial charge on any atom is -0.484 e. The lowest BCUT2D eigenvalue weighted by atomic mass is 10.1. The van der Waals surface area contributed by atoms with E-state index in [0.717, 1.165) is 12.1 Å². The Hall–Kier alpha value is -1.68. The third-order valence-corrected chi connectivity index (χ3v) is 2.82. The number of halogens is 3. The van der Waals surface area contributed by atoms with E-state index in [1.165, 1.54) is 6.20 Å². The van der Waals surface area contributed by atoms with Crippen LogP contribution in [0.5, 0.6) is 5.75 Å². The van der Waals surface area contributed by atoms with Crippen molar-refractivity contribution in [2.24, 2.45) is 0 Å². The molecule has 0 N–H and O–H groups in total. The van der Waals surface area contributed by atoms with Crippen molar-refractivity contribution in [3.63, 3.8) is 0 Å². The summed E-state index contributed by atoms with van der Waals surface area (Å²) in [7, 11) is 0. The van der Waals surface area contributed by atoms with Gasteiger partial charge in [-0.25, -0.2) is 8.78 Å². The van der Waals surface area contributed by atoms with Crippen LogP contribution < -0.4 is 4.74 Å².